The first-order chi connectivity index (χ1) is 14.9. The minimum atomic E-state index is -0.403. The van der Waals surface area contributed by atoms with Gasteiger partial charge in [0.25, 0.3) is 0 Å². The number of ether oxygens (including phenoxy) is 3. The van der Waals surface area contributed by atoms with Crippen LogP contribution in [0, 0.1) is 6.92 Å². The predicted molar refractivity (Wildman–Crippen MR) is 121 cm³/mol. The van der Waals surface area contributed by atoms with Crippen LogP contribution in [-0.2, 0) is 11.2 Å². The Morgan fingerprint density at radius 3 is 2.42 bits per heavy atom. The van der Waals surface area contributed by atoms with Crippen LogP contribution < -0.4 is 14.2 Å². The molecule has 0 radical (unpaired) electrons. The molecule has 0 saturated heterocycles. The van der Waals surface area contributed by atoms with Crippen LogP contribution in [-0.4, -0.2) is 18.9 Å². The van der Waals surface area contributed by atoms with Gasteiger partial charge in [-0.15, -0.1) is 0 Å². The molecule has 0 amide bonds. The Labute approximate surface area is 188 Å². The molecule has 1 heterocycles. The van der Waals surface area contributed by atoms with Crippen molar-refractivity contribution >= 4 is 33.8 Å². The van der Waals surface area contributed by atoms with Crippen LogP contribution in [0.4, 0.5) is 0 Å². The highest BCUT2D eigenvalue weighted by molar-refractivity contribution is 9.10. The molecule has 0 spiro atoms. The maximum Gasteiger partial charge on any atom is 0.315 e. The van der Waals surface area contributed by atoms with Gasteiger partial charge in [0.05, 0.1) is 19.1 Å². The zero-order valence-corrected chi connectivity index (χ0v) is 18.6. The maximum absolute atomic E-state index is 12.8. The van der Waals surface area contributed by atoms with Crippen molar-refractivity contribution in [2.45, 2.75) is 13.3 Å². The van der Waals surface area contributed by atoms with Gasteiger partial charge >= 0.3 is 5.97 Å². The van der Waals surface area contributed by atoms with Crippen LogP contribution in [0.2, 0.25) is 0 Å². The van der Waals surface area contributed by atoms with E-state index in [1.54, 1.807) is 44.4 Å². The van der Waals surface area contributed by atoms with E-state index in [0.29, 0.717) is 22.6 Å². The van der Waals surface area contributed by atoms with E-state index < -0.39 is 5.97 Å². The molecule has 0 aliphatic carbocycles. The monoisotopic (exact) mass is 478 g/mol. The summed E-state index contributed by atoms with van der Waals surface area (Å²) in [5.41, 5.74) is 2.84. The van der Waals surface area contributed by atoms with Crippen molar-refractivity contribution in [2.24, 2.45) is 0 Å². The van der Waals surface area contributed by atoms with Gasteiger partial charge in [-0.2, -0.15) is 0 Å². The predicted octanol–water partition coefficient (Wildman–Crippen LogP) is 5.53. The van der Waals surface area contributed by atoms with Gasteiger partial charge in [0.15, 0.2) is 5.76 Å². The second-order valence-electron chi connectivity index (χ2n) is 7.10. The third-order valence-electron chi connectivity index (χ3n) is 4.85. The second kappa shape index (κ2) is 8.78. The molecule has 5 nitrogen and oxygen atoms in total. The first-order valence-corrected chi connectivity index (χ1v) is 10.4. The molecular weight excluding hydrogens is 460 g/mol. The van der Waals surface area contributed by atoms with E-state index in [-0.39, 0.29) is 18.0 Å². The number of aryl methyl sites for hydroxylation is 1. The van der Waals surface area contributed by atoms with Crippen molar-refractivity contribution in [3.8, 4) is 17.2 Å². The molecule has 156 valence electrons. The lowest BCUT2D eigenvalue weighted by Gasteiger charge is -2.08. The summed E-state index contributed by atoms with van der Waals surface area (Å²) in [5.74, 6) is 1.10. The summed E-state index contributed by atoms with van der Waals surface area (Å²) in [6, 6.07) is 18.0. The van der Waals surface area contributed by atoms with Crippen molar-refractivity contribution in [3.63, 3.8) is 0 Å². The van der Waals surface area contributed by atoms with E-state index in [9.17, 15) is 9.59 Å². The molecule has 0 aromatic heterocycles. The fourth-order valence-corrected chi connectivity index (χ4v) is 3.59. The first kappa shape index (κ1) is 20.9. The first-order valence-electron chi connectivity index (χ1n) is 9.61. The number of hydrogen-bond donors (Lipinski definition) is 0. The van der Waals surface area contributed by atoms with Crippen LogP contribution in [0.15, 0.2) is 70.9 Å². The van der Waals surface area contributed by atoms with Crippen LogP contribution in [0.1, 0.15) is 27.0 Å². The number of ketones is 1. The summed E-state index contributed by atoms with van der Waals surface area (Å²) in [6.45, 7) is 1.80. The van der Waals surface area contributed by atoms with E-state index >= 15 is 0 Å². The molecule has 0 atom stereocenters. The van der Waals surface area contributed by atoms with Gasteiger partial charge in [0.1, 0.15) is 17.2 Å². The Hall–Kier alpha value is -3.38. The number of carbonyl (C=O) groups excluding carboxylic acids is 2. The minimum absolute atomic E-state index is 0.120. The second-order valence-corrected chi connectivity index (χ2v) is 8.02. The summed E-state index contributed by atoms with van der Waals surface area (Å²) in [7, 11) is 1.59. The fraction of sp³-hybridized carbons (Fsp3) is 0.120. The number of methoxy groups -OCH3 is 1. The number of fused-ring (bicyclic) bond motifs is 1. The third kappa shape index (κ3) is 4.70. The summed E-state index contributed by atoms with van der Waals surface area (Å²) in [6.07, 6.45) is 1.82. The molecule has 3 aromatic rings. The molecule has 0 bridgehead atoms. The van der Waals surface area contributed by atoms with Gasteiger partial charge in [0, 0.05) is 10.5 Å². The van der Waals surface area contributed by atoms with E-state index in [0.717, 1.165) is 21.3 Å². The van der Waals surface area contributed by atoms with Gasteiger partial charge in [-0.3, -0.25) is 9.59 Å². The summed E-state index contributed by atoms with van der Waals surface area (Å²) in [4.78, 5) is 25.2. The number of esters is 1. The minimum Gasteiger partial charge on any atom is -0.497 e. The highest BCUT2D eigenvalue weighted by Crippen LogP contribution is 2.37. The lowest BCUT2D eigenvalue weighted by atomic mass is 10.0. The molecule has 0 unspecified atom stereocenters. The molecule has 1 aliphatic rings. The molecule has 1 aliphatic heterocycles. The van der Waals surface area contributed by atoms with Gasteiger partial charge < -0.3 is 14.2 Å². The molecule has 6 heteroatoms. The highest BCUT2D eigenvalue weighted by atomic mass is 79.9. The van der Waals surface area contributed by atoms with Crippen molar-refractivity contribution in [1.29, 1.82) is 0 Å². The molecule has 3 aromatic carbocycles. The topological polar surface area (TPSA) is 61.8 Å². The van der Waals surface area contributed by atoms with Gasteiger partial charge in [-0.1, -0.05) is 40.2 Å². The van der Waals surface area contributed by atoms with Gasteiger partial charge in [-0.25, -0.2) is 0 Å². The average molecular weight is 479 g/mol. The number of Topliss-reactive ketones (excluding diaryl/α,β-unsaturated/α-hetero) is 1. The Morgan fingerprint density at radius 2 is 1.74 bits per heavy atom. The number of carbonyl (C=O) groups is 2. The molecule has 0 fully saturated rings. The Kier molecular flexibility index (Phi) is 5.91. The summed E-state index contributed by atoms with van der Waals surface area (Å²) in [5, 5.41) is 0. The standard InChI is InChI=1S/C25H19BrO5/c1-15-11-20(30-23(27)13-17-5-9-19(29-2)10-6-17)14-21-24(15)25(28)22(31-21)12-16-3-7-18(26)8-4-16/h3-12,14H,13H2,1-2H3/b22-12-. The van der Waals surface area contributed by atoms with E-state index in [1.165, 1.54) is 0 Å². The number of halogens is 1. The van der Waals surface area contributed by atoms with Crippen LogP contribution in [0.5, 0.6) is 17.2 Å². The van der Waals surface area contributed by atoms with Gasteiger partial charge in [-0.05, 0) is 60.0 Å². The van der Waals surface area contributed by atoms with Crippen LogP contribution in [0.25, 0.3) is 6.08 Å². The SMILES string of the molecule is COc1ccc(CC(=O)Oc2cc(C)c3c(c2)O/C(=C\c2ccc(Br)cc2)C3=O)cc1. The molecule has 0 saturated carbocycles. The fourth-order valence-electron chi connectivity index (χ4n) is 3.32. The number of hydrogen-bond acceptors (Lipinski definition) is 5. The molecular formula is C25H19BrO5. The Bertz CT molecular complexity index is 1180. The lowest BCUT2D eigenvalue weighted by Crippen LogP contribution is -2.11. The van der Waals surface area contributed by atoms with Crippen molar-refractivity contribution in [1.82, 2.24) is 0 Å². The number of allylic oxidation sites excluding steroid dienone is 1. The zero-order chi connectivity index (χ0) is 22.0. The number of benzene rings is 3. The van der Waals surface area contributed by atoms with Gasteiger partial charge in [0.2, 0.25) is 5.78 Å². The van der Waals surface area contributed by atoms with Crippen molar-refractivity contribution < 1.29 is 23.8 Å². The molecule has 31 heavy (non-hydrogen) atoms. The van der Waals surface area contributed by atoms with E-state index in [1.807, 2.05) is 36.4 Å². The zero-order valence-electron chi connectivity index (χ0n) is 17.0. The average Bonchev–Trinajstić information content (AvgIpc) is 3.05. The normalized spacial score (nSPS) is 13.6. The van der Waals surface area contributed by atoms with Crippen molar-refractivity contribution in [2.75, 3.05) is 7.11 Å². The van der Waals surface area contributed by atoms with Crippen LogP contribution in [0.3, 0.4) is 0 Å². The quantitative estimate of drug-likeness (QED) is 0.274. The van der Waals surface area contributed by atoms with Crippen LogP contribution >= 0.6 is 15.9 Å². The van der Waals surface area contributed by atoms with E-state index in [4.69, 9.17) is 14.2 Å². The van der Waals surface area contributed by atoms with E-state index in [2.05, 4.69) is 15.9 Å². The Balaban J connectivity index is 1.50. The lowest BCUT2D eigenvalue weighted by molar-refractivity contribution is -0.133. The highest BCUT2D eigenvalue weighted by Gasteiger charge is 2.30. The largest absolute Gasteiger partial charge is 0.497 e. The molecule has 0 N–H and O–H groups in total. The Morgan fingerprint density at radius 1 is 1.03 bits per heavy atom. The van der Waals surface area contributed by atoms with Crippen molar-refractivity contribution in [3.05, 3.63) is 93.1 Å². The summed E-state index contributed by atoms with van der Waals surface area (Å²) >= 11 is 3.39. The maximum atomic E-state index is 12.8. The summed E-state index contributed by atoms with van der Waals surface area (Å²) < 4.78 is 17.4. The molecule has 4 rings (SSSR count). The number of rotatable bonds is 5. The smallest absolute Gasteiger partial charge is 0.315 e. The third-order valence-corrected chi connectivity index (χ3v) is 5.38.